The van der Waals surface area contributed by atoms with Crippen molar-refractivity contribution in [3.8, 4) is 24.7 Å². The van der Waals surface area contributed by atoms with Crippen LogP contribution in [0.25, 0.3) is 0 Å². The first-order valence-electron chi connectivity index (χ1n) is 4.51. The smallest absolute Gasteiger partial charge is 0.108 e. The summed E-state index contributed by atoms with van der Waals surface area (Å²) in [6, 6.07) is 0. The van der Waals surface area contributed by atoms with Crippen molar-refractivity contribution in [2.24, 2.45) is 0 Å². The van der Waals surface area contributed by atoms with Crippen LogP contribution in [0.2, 0.25) is 0 Å². The molecule has 0 aromatic rings. The van der Waals surface area contributed by atoms with E-state index in [0.717, 1.165) is 0 Å². The number of rotatable bonds is 7. The molecule has 0 saturated heterocycles. The number of hydrogen-bond donors (Lipinski definition) is 1. The van der Waals surface area contributed by atoms with Crippen LogP contribution in [-0.4, -0.2) is 39.0 Å². The minimum Gasteiger partial charge on any atom is -0.363 e. The van der Waals surface area contributed by atoms with Gasteiger partial charge in [0.2, 0.25) is 0 Å². The summed E-state index contributed by atoms with van der Waals surface area (Å²) in [6.45, 7) is 3.18. The molecule has 14 heavy (non-hydrogen) atoms. The molecule has 0 rings (SSSR count). The molecule has 3 heteroatoms. The van der Waals surface area contributed by atoms with E-state index in [1.165, 1.54) is 0 Å². The van der Waals surface area contributed by atoms with E-state index in [0.29, 0.717) is 13.2 Å². The van der Waals surface area contributed by atoms with E-state index >= 15 is 0 Å². The van der Waals surface area contributed by atoms with Gasteiger partial charge in [0.15, 0.2) is 0 Å². The van der Waals surface area contributed by atoms with Crippen molar-refractivity contribution in [1.29, 1.82) is 0 Å². The Bertz CT molecular complexity index is 214. The zero-order chi connectivity index (χ0) is 10.8. The Morgan fingerprint density at radius 3 is 2.29 bits per heavy atom. The second-order valence-electron chi connectivity index (χ2n) is 2.83. The maximum Gasteiger partial charge on any atom is 0.108 e. The number of likely N-dealkylation sites (N-methyl/N-ethyl adjacent to an activating group) is 1. The Hall–Kier alpha value is -1.00. The van der Waals surface area contributed by atoms with E-state index in [-0.39, 0.29) is 18.8 Å². The van der Waals surface area contributed by atoms with Crippen LogP contribution in [0.1, 0.15) is 6.92 Å². The molecular weight excluding hydrogens is 178 g/mol. The molecule has 0 fully saturated rings. The molecule has 0 aliphatic heterocycles. The standard InChI is InChI=1S/C11H17NO2/c1-5-7-13-10(3)11(9-12-4)14-8-6-2/h1-2,10-12H,7-9H2,3-4H3. The highest BCUT2D eigenvalue weighted by molar-refractivity contribution is 4.86. The topological polar surface area (TPSA) is 30.5 Å². The van der Waals surface area contributed by atoms with Crippen LogP contribution < -0.4 is 5.32 Å². The molecular formula is C11H17NO2. The van der Waals surface area contributed by atoms with Crippen LogP contribution in [0.4, 0.5) is 0 Å². The molecule has 0 amide bonds. The summed E-state index contributed by atoms with van der Waals surface area (Å²) >= 11 is 0. The fraction of sp³-hybridized carbons (Fsp3) is 0.636. The molecule has 0 aromatic carbocycles. The maximum atomic E-state index is 5.40. The third kappa shape index (κ3) is 5.61. The Labute approximate surface area is 86.2 Å². The minimum atomic E-state index is -0.0654. The van der Waals surface area contributed by atoms with E-state index < -0.39 is 0 Å². The van der Waals surface area contributed by atoms with Gasteiger partial charge < -0.3 is 14.8 Å². The van der Waals surface area contributed by atoms with Crippen molar-refractivity contribution in [1.82, 2.24) is 5.32 Å². The third-order valence-corrected chi connectivity index (χ3v) is 1.74. The first-order chi connectivity index (χ1) is 6.76. The fourth-order valence-electron chi connectivity index (χ4n) is 1.00. The molecule has 78 valence electrons. The Morgan fingerprint density at radius 2 is 1.79 bits per heavy atom. The fourth-order valence-corrected chi connectivity index (χ4v) is 1.00. The largest absolute Gasteiger partial charge is 0.363 e. The molecule has 0 aliphatic rings. The van der Waals surface area contributed by atoms with Crippen LogP contribution in [0, 0.1) is 24.7 Å². The second kappa shape index (κ2) is 8.59. The van der Waals surface area contributed by atoms with Crippen LogP contribution in [0.5, 0.6) is 0 Å². The maximum absolute atomic E-state index is 5.40. The first kappa shape index (κ1) is 13.0. The lowest BCUT2D eigenvalue weighted by molar-refractivity contribution is -0.0442. The zero-order valence-corrected chi connectivity index (χ0v) is 8.75. The predicted octanol–water partition coefficient (Wildman–Crippen LogP) is 0.263. The predicted molar refractivity (Wildman–Crippen MR) is 56.7 cm³/mol. The van der Waals surface area contributed by atoms with Crippen LogP contribution in [-0.2, 0) is 9.47 Å². The highest BCUT2D eigenvalue weighted by Gasteiger charge is 2.16. The van der Waals surface area contributed by atoms with Gasteiger partial charge in [-0.1, -0.05) is 11.8 Å². The van der Waals surface area contributed by atoms with E-state index in [2.05, 4.69) is 17.2 Å². The van der Waals surface area contributed by atoms with E-state index in [1.54, 1.807) is 0 Å². The van der Waals surface area contributed by atoms with Crippen molar-refractivity contribution in [2.75, 3.05) is 26.8 Å². The summed E-state index contributed by atoms with van der Waals surface area (Å²) in [5.41, 5.74) is 0. The van der Waals surface area contributed by atoms with Gasteiger partial charge in [-0.05, 0) is 14.0 Å². The van der Waals surface area contributed by atoms with Crippen molar-refractivity contribution >= 4 is 0 Å². The summed E-state index contributed by atoms with van der Waals surface area (Å²) in [5, 5.41) is 3.01. The molecule has 2 atom stereocenters. The summed E-state index contributed by atoms with van der Waals surface area (Å²) in [6.07, 6.45) is 10.1. The lowest BCUT2D eigenvalue weighted by Gasteiger charge is -2.22. The molecule has 0 aromatic heterocycles. The Balaban J connectivity index is 3.92. The second-order valence-corrected chi connectivity index (χ2v) is 2.83. The lowest BCUT2D eigenvalue weighted by atomic mass is 10.2. The molecule has 0 spiro atoms. The van der Waals surface area contributed by atoms with Gasteiger partial charge >= 0.3 is 0 Å². The zero-order valence-electron chi connectivity index (χ0n) is 8.75. The van der Waals surface area contributed by atoms with Crippen molar-refractivity contribution in [2.45, 2.75) is 19.1 Å². The van der Waals surface area contributed by atoms with Crippen LogP contribution >= 0.6 is 0 Å². The average molecular weight is 195 g/mol. The number of terminal acetylenes is 2. The van der Waals surface area contributed by atoms with Gasteiger partial charge in [0.25, 0.3) is 0 Å². The molecule has 0 radical (unpaired) electrons. The van der Waals surface area contributed by atoms with E-state index in [4.69, 9.17) is 22.3 Å². The lowest BCUT2D eigenvalue weighted by Crippen LogP contribution is -2.37. The van der Waals surface area contributed by atoms with E-state index in [1.807, 2.05) is 14.0 Å². The number of ether oxygens (including phenoxy) is 2. The molecule has 1 N–H and O–H groups in total. The Kier molecular flexibility index (Phi) is 7.98. The van der Waals surface area contributed by atoms with Crippen molar-refractivity contribution in [3.05, 3.63) is 0 Å². The summed E-state index contributed by atoms with van der Waals surface area (Å²) in [4.78, 5) is 0. The highest BCUT2D eigenvalue weighted by atomic mass is 16.5. The van der Waals surface area contributed by atoms with Crippen LogP contribution in [0.15, 0.2) is 0 Å². The average Bonchev–Trinajstić information content (AvgIpc) is 2.20. The Morgan fingerprint density at radius 1 is 1.21 bits per heavy atom. The van der Waals surface area contributed by atoms with Crippen molar-refractivity contribution in [3.63, 3.8) is 0 Å². The van der Waals surface area contributed by atoms with E-state index in [9.17, 15) is 0 Å². The summed E-state index contributed by atoms with van der Waals surface area (Å²) < 4.78 is 10.7. The molecule has 0 saturated carbocycles. The van der Waals surface area contributed by atoms with Gasteiger partial charge in [0, 0.05) is 6.54 Å². The van der Waals surface area contributed by atoms with Gasteiger partial charge in [-0.15, -0.1) is 12.8 Å². The minimum absolute atomic E-state index is 0.0631. The number of hydrogen-bond acceptors (Lipinski definition) is 3. The van der Waals surface area contributed by atoms with Crippen molar-refractivity contribution < 1.29 is 9.47 Å². The SMILES string of the molecule is C#CCOC(C)C(CNC)OCC#C. The summed E-state index contributed by atoms with van der Waals surface area (Å²) in [7, 11) is 1.85. The van der Waals surface area contributed by atoms with Gasteiger partial charge in [-0.3, -0.25) is 0 Å². The normalized spacial score (nSPS) is 14.0. The van der Waals surface area contributed by atoms with Crippen LogP contribution in [0.3, 0.4) is 0 Å². The van der Waals surface area contributed by atoms with Gasteiger partial charge in [0.05, 0.1) is 12.2 Å². The molecule has 2 unspecified atom stereocenters. The molecule has 3 nitrogen and oxygen atoms in total. The highest BCUT2D eigenvalue weighted by Crippen LogP contribution is 2.02. The first-order valence-corrected chi connectivity index (χ1v) is 4.51. The van der Waals surface area contributed by atoms with Gasteiger partial charge in [-0.2, -0.15) is 0 Å². The molecule has 0 aliphatic carbocycles. The molecule has 0 heterocycles. The monoisotopic (exact) mass is 195 g/mol. The number of nitrogens with one attached hydrogen (secondary N) is 1. The van der Waals surface area contributed by atoms with Gasteiger partial charge in [0.1, 0.15) is 13.2 Å². The van der Waals surface area contributed by atoms with Gasteiger partial charge in [-0.25, -0.2) is 0 Å². The third-order valence-electron chi connectivity index (χ3n) is 1.74. The molecule has 0 bridgehead atoms. The quantitative estimate of drug-likeness (QED) is 0.591. The summed E-state index contributed by atoms with van der Waals surface area (Å²) in [5.74, 6) is 4.83.